The SMILES string of the molecule is NC(=O)Nc1ccc(-c2cc(N)n[nH]2)cc1. The van der Waals surface area contributed by atoms with E-state index in [-0.39, 0.29) is 0 Å². The minimum absolute atomic E-state index is 0.439. The number of aromatic amines is 1. The van der Waals surface area contributed by atoms with Gasteiger partial charge in [0.15, 0.2) is 0 Å². The molecule has 2 rings (SSSR count). The second-order valence-corrected chi connectivity index (χ2v) is 3.27. The number of anilines is 2. The van der Waals surface area contributed by atoms with Crippen molar-refractivity contribution in [2.24, 2.45) is 5.73 Å². The van der Waals surface area contributed by atoms with Crippen LogP contribution in [0.5, 0.6) is 0 Å². The van der Waals surface area contributed by atoms with Crippen molar-refractivity contribution >= 4 is 17.5 Å². The minimum atomic E-state index is -0.585. The number of amides is 2. The van der Waals surface area contributed by atoms with Crippen molar-refractivity contribution in [2.75, 3.05) is 11.1 Å². The van der Waals surface area contributed by atoms with Crippen LogP contribution in [-0.2, 0) is 0 Å². The number of nitrogen functional groups attached to an aromatic ring is 1. The summed E-state index contributed by atoms with van der Waals surface area (Å²) in [5.74, 6) is 0.439. The van der Waals surface area contributed by atoms with Crippen LogP contribution < -0.4 is 16.8 Å². The van der Waals surface area contributed by atoms with Gasteiger partial charge in [-0.05, 0) is 17.7 Å². The van der Waals surface area contributed by atoms with Gasteiger partial charge in [0.25, 0.3) is 0 Å². The number of H-pyrrole nitrogens is 1. The number of carbonyl (C=O) groups is 1. The standard InChI is InChI=1S/C10H11N5O/c11-9-5-8(14-15-9)6-1-3-7(4-2-6)13-10(12)16/h1-5H,(H3,11,14,15)(H3,12,13,16). The molecule has 0 aliphatic carbocycles. The molecule has 0 saturated heterocycles. The number of hydrogen-bond donors (Lipinski definition) is 4. The lowest BCUT2D eigenvalue weighted by molar-refractivity contribution is 0.259. The highest BCUT2D eigenvalue weighted by atomic mass is 16.2. The first-order valence-corrected chi connectivity index (χ1v) is 4.63. The third kappa shape index (κ3) is 2.11. The van der Waals surface area contributed by atoms with Crippen LogP contribution in [0.25, 0.3) is 11.3 Å². The van der Waals surface area contributed by atoms with Gasteiger partial charge in [0.05, 0.1) is 5.69 Å². The Labute approximate surface area is 91.6 Å². The van der Waals surface area contributed by atoms with Crippen molar-refractivity contribution in [3.05, 3.63) is 30.3 Å². The molecule has 6 nitrogen and oxygen atoms in total. The highest BCUT2D eigenvalue weighted by Crippen LogP contribution is 2.20. The van der Waals surface area contributed by atoms with E-state index in [9.17, 15) is 4.79 Å². The molecule has 1 heterocycles. The van der Waals surface area contributed by atoms with Crippen molar-refractivity contribution in [1.29, 1.82) is 0 Å². The van der Waals surface area contributed by atoms with E-state index in [1.165, 1.54) is 0 Å². The Hall–Kier alpha value is -2.50. The lowest BCUT2D eigenvalue weighted by Crippen LogP contribution is -2.19. The topological polar surface area (TPSA) is 110 Å². The molecule has 0 fully saturated rings. The minimum Gasteiger partial charge on any atom is -0.382 e. The summed E-state index contributed by atoms with van der Waals surface area (Å²) in [6.45, 7) is 0. The highest BCUT2D eigenvalue weighted by Gasteiger charge is 2.01. The van der Waals surface area contributed by atoms with Gasteiger partial charge in [0, 0.05) is 11.8 Å². The molecule has 0 spiro atoms. The summed E-state index contributed by atoms with van der Waals surface area (Å²) in [5, 5.41) is 9.10. The largest absolute Gasteiger partial charge is 0.382 e. The third-order valence-corrected chi connectivity index (χ3v) is 2.06. The van der Waals surface area contributed by atoms with E-state index in [1.807, 2.05) is 12.1 Å². The Morgan fingerprint density at radius 3 is 2.50 bits per heavy atom. The van der Waals surface area contributed by atoms with Crippen LogP contribution in [0.2, 0.25) is 0 Å². The van der Waals surface area contributed by atoms with Crippen LogP contribution in [0, 0.1) is 0 Å². The monoisotopic (exact) mass is 217 g/mol. The first kappa shape index (κ1) is 10.0. The summed E-state index contributed by atoms with van der Waals surface area (Å²) in [5.41, 5.74) is 12.9. The lowest BCUT2D eigenvalue weighted by atomic mass is 10.1. The molecule has 0 bridgehead atoms. The number of nitrogens with one attached hydrogen (secondary N) is 2. The van der Waals surface area contributed by atoms with Gasteiger partial charge in [-0.15, -0.1) is 0 Å². The van der Waals surface area contributed by atoms with Crippen molar-refractivity contribution in [3.63, 3.8) is 0 Å². The number of benzene rings is 1. The van der Waals surface area contributed by atoms with E-state index in [4.69, 9.17) is 11.5 Å². The summed E-state index contributed by atoms with van der Waals surface area (Å²) in [6, 6.07) is 8.31. The molecule has 82 valence electrons. The van der Waals surface area contributed by atoms with Crippen LogP contribution in [0.15, 0.2) is 30.3 Å². The van der Waals surface area contributed by atoms with Crippen LogP contribution in [0.4, 0.5) is 16.3 Å². The van der Waals surface area contributed by atoms with E-state index in [1.54, 1.807) is 18.2 Å². The second-order valence-electron chi connectivity index (χ2n) is 3.27. The molecule has 16 heavy (non-hydrogen) atoms. The number of nitrogens with two attached hydrogens (primary N) is 2. The molecular weight excluding hydrogens is 206 g/mol. The Morgan fingerprint density at radius 2 is 2.00 bits per heavy atom. The van der Waals surface area contributed by atoms with Gasteiger partial charge >= 0.3 is 6.03 Å². The number of aromatic nitrogens is 2. The number of nitrogens with zero attached hydrogens (tertiary/aromatic N) is 1. The second kappa shape index (κ2) is 3.93. The molecule has 0 saturated carbocycles. The quantitative estimate of drug-likeness (QED) is 0.605. The predicted octanol–water partition coefficient (Wildman–Crippen LogP) is 1.15. The Bertz CT molecular complexity index is 502. The van der Waals surface area contributed by atoms with E-state index >= 15 is 0 Å². The molecule has 0 atom stereocenters. The predicted molar refractivity (Wildman–Crippen MR) is 61.6 cm³/mol. The smallest absolute Gasteiger partial charge is 0.316 e. The zero-order valence-corrected chi connectivity index (χ0v) is 8.40. The van der Waals surface area contributed by atoms with Crippen LogP contribution in [0.3, 0.4) is 0 Å². The van der Waals surface area contributed by atoms with Gasteiger partial charge in [-0.25, -0.2) is 4.79 Å². The third-order valence-electron chi connectivity index (χ3n) is 2.06. The van der Waals surface area contributed by atoms with E-state index in [0.717, 1.165) is 11.3 Å². The number of urea groups is 1. The van der Waals surface area contributed by atoms with E-state index in [2.05, 4.69) is 15.5 Å². The molecule has 6 N–H and O–H groups in total. The van der Waals surface area contributed by atoms with E-state index < -0.39 is 6.03 Å². The molecule has 1 aromatic heterocycles. The Morgan fingerprint density at radius 1 is 1.31 bits per heavy atom. The fraction of sp³-hybridized carbons (Fsp3) is 0. The van der Waals surface area contributed by atoms with Crippen molar-refractivity contribution in [1.82, 2.24) is 10.2 Å². The molecule has 1 aromatic carbocycles. The normalized spacial score (nSPS) is 10.0. The molecule has 0 aliphatic rings. The van der Waals surface area contributed by atoms with Crippen molar-refractivity contribution in [3.8, 4) is 11.3 Å². The van der Waals surface area contributed by atoms with Gasteiger partial charge in [0.1, 0.15) is 5.82 Å². The maximum atomic E-state index is 10.6. The van der Waals surface area contributed by atoms with Crippen molar-refractivity contribution in [2.45, 2.75) is 0 Å². The maximum Gasteiger partial charge on any atom is 0.316 e. The highest BCUT2D eigenvalue weighted by molar-refractivity contribution is 5.88. The van der Waals surface area contributed by atoms with Gasteiger partial charge in [0.2, 0.25) is 0 Å². The molecule has 6 heteroatoms. The number of primary amides is 1. The molecule has 2 aromatic rings. The molecular formula is C10H11N5O. The van der Waals surface area contributed by atoms with Crippen LogP contribution >= 0.6 is 0 Å². The first-order valence-electron chi connectivity index (χ1n) is 4.63. The van der Waals surface area contributed by atoms with Crippen LogP contribution in [-0.4, -0.2) is 16.2 Å². The maximum absolute atomic E-state index is 10.6. The summed E-state index contributed by atoms with van der Waals surface area (Å²) in [4.78, 5) is 10.6. The zero-order chi connectivity index (χ0) is 11.5. The first-order chi connectivity index (χ1) is 7.65. The molecule has 0 radical (unpaired) electrons. The number of carbonyl (C=O) groups excluding carboxylic acids is 1. The van der Waals surface area contributed by atoms with Crippen molar-refractivity contribution < 1.29 is 4.79 Å². The zero-order valence-electron chi connectivity index (χ0n) is 8.40. The van der Waals surface area contributed by atoms with Gasteiger partial charge in [-0.3, -0.25) is 5.10 Å². The Kier molecular flexibility index (Phi) is 2.47. The fourth-order valence-corrected chi connectivity index (χ4v) is 1.36. The number of rotatable bonds is 2. The van der Waals surface area contributed by atoms with Gasteiger partial charge < -0.3 is 16.8 Å². The average molecular weight is 217 g/mol. The van der Waals surface area contributed by atoms with E-state index in [0.29, 0.717) is 11.5 Å². The summed E-state index contributed by atoms with van der Waals surface area (Å²) >= 11 is 0. The summed E-state index contributed by atoms with van der Waals surface area (Å²) in [6.07, 6.45) is 0. The molecule has 2 amide bonds. The molecule has 0 unspecified atom stereocenters. The average Bonchev–Trinajstić information content (AvgIpc) is 2.65. The van der Waals surface area contributed by atoms with Gasteiger partial charge in [-0.2, -0.15) is 5.10 Å². The summed E-state index contributed by atoms with van der Waals surface area (Å²) in [7, 11) is 0. The summed E-state index contributed by atoms with van der Waals surface area (Å²) < 4.78 is 0. The molecule has 0 aliphatic heterocycles. The van der Waals surface area contributed by atoms with Gasteiger partial charge in [-0.1, -0.05) is 12.1 Å². The lowest BCUT2D eigenvalue weighted by Gasteiger charge is -2.02. The fourth-order valence-electron chi connectivity index (χ4n) is 1.36. The Balaban J connectivity index is 2.22. The number of hydrogen-bond acceptors (Lipinski definition) is 3. The van der Waals surface area contributed by atoms with Crippen LogP contribution in [0.1, 0.15) is 0 Å².